The number of nitrogens with one attached hydrogen (secondary N) is 2. The van der Waals surface area contributed by atoms with E-state index >= 15 is 0 Å². The molecule has 0 spiro atoms. The maximum absolute atomic E-state index is 11.6. The molecule has 1 fully saturated rings. The van der Waals surface area contributed by atoms with Gasteiger partial charge in [-0.05, 0) is 12.8 Å². The number of hydrogen-bond donors (Lipinski definition) is 4. The van der Waals surface area contributed by atoms with Crippen molar-refractivity contribution in [2.45, 2.75) is 37.8 Å². The highest BCUT2D eigenvalue weighted by molar-refractivity contribution is 5.95. The SMILES string of the molecule is O=C(O)/C=C/C(=O)N[C@@H]1CCCC[C@H]1NC(=O)/C=C/C(=O)O. The molecule has 0 bridgehead atoms. The smallest absolute Gasteiger partial charge is 0.328 e. The lowest BCUT2D eigenvalue weighted by atomic mass is 9.90. The van der Waals surface area contributed by atoms with Gasteiger partial charge in [0.2, 0.25) is 11.8 Å². The second-order valence-electron chi connectivity index (χ2n) is 4.86. The standard InChI is InChI=1S/C14H18N2O6/c17-11(5-7-13(19)20)15-9-3-1-2-4-10(9)16-12(18)6-8-14(21)22/h5-10H,1-4H2,(H,15,17)(H,16,18)(H,19,20)(H,21,22)/b7-5+,8-6+/t9-,10-/m1/s1. The average Bonchev–Trinajstić information content (AvgIpc) is 2.45. The molecule has 120 valence electrons. The highest BCUT2D eigenvalue weighted by atomic mass is 16.4. The maximum Gasteiger partial charge on any atom is 0.328 e. The third kappa shape index (κ3) is 6.69. The molecule has 8 heteroatoms. The molecule has 1 saturated carbocycles. The Labute approximate surface area is 126 Å². The van der Waals surface area contributed by atoms with Crippen LogP contribution in [-0.4, -0.2) is 46.0 Å². The van der Waals surface area contributed by atoms with Crippen molar-refractivity contribution in [1.29, 1.82) is 0 Å². The van der Waals surface area contributed by atoms with Gasteiger partial charge in [0, 0.05) is 36.4 Å². The molecule has 0 aromatic heterocycles. The Morgan fingerprint density at radius 1 is 0.727 bits per heavy atom. The van der Waals surface area contributed by atoms with Crippen LogP contribution in [0.15, 0.2) is 24.3 Å². The minimum absolute atomic E-state index is 0.318. The van der Waals surface area contributed by atoms with Gasteiger partial charge in [-0.3, -0.25) is 9.59 Å². The fourth-order valence-corrected chi connectivity index (χ4v) is 2.23. The van der Waals surface area contributed by atoms with Crippen molar-refractivity contribution in [2.75, 3.05) is 0 Å². The van der Waals surface area contributed by atoms with E-state index in [0.29, 0.717) is 12.8 Å². The van der Waals surface area contributed by atoms with Crippen molar-refractivity contribution in [1.82, 2.24) is 10.6 Å². The van der Waals surface area contributed by atoms with E-state index in [2.05, 4.69) is 10.6 Å². The van der Waals surface area contributed by atoms with Crippen molar-refractivity contribution < 1.29 is 29.4 Å². The van der Waals surface area contributed by atoms with Crippen LogP contribution in [0, 0.1) is 0 Å². The van der Waals surface area contributed by atoms with Gasteiger partial charge < -0.3 is 20.8 Å². The van der Waals surface area contributed by atoms with Gasteiger partial charge in [-0.2, -0.15) is 0 Å². The van der Waals surface area contributed by atoms with E-state index in [9.17, 15) is 19.2 Å². The number of amides is 2. The summed E-state index contributed by atoms with van der Waals surface area (Å²) >= 11 is 0. The number of carboxylic acid groups (broad SMARTS) is 2. The molecule has 0 saturated heterocycles. The number of aliphatic carboxylic acids is 2. The average molecular weight is 310 g/mol. The lowest BCUT2D eigenvalue weighted by Crippen LogP contribution is -2.52. The van der Waals surface area contributed by atoms with Crippen molar-refractivity contribution >= 4 is 23.8 Å². The summed E-state index contributed by atoms with van der Waals surface area (Å²) in [5, 5.41) is 22.2. The first-order valence-electron chi connectivity index (χ1n) is 6.81. The fraction of sp³-hybridized carbons (Fsp3) is 0.429. The molecule has 4 N–H and O–H groups in total. The molecule has 0 radical (unpaired) electrons. The molecule has 22 heavy (non-hydrogen) atoms. The second-order valence-corrected chi connectivity index (χ2v) is 4.86. The third-order valence-corrected chi connectivity index (χ3v) is 3.18. The van der Waals surface area contributed by atoms with Gasteiger partial charge in [-0.15, -0.1) is 0 Å². The van der Waals surface area contributed by atoms with Crippen molar-refractivity contribution in [3.05, 3.63) is 24.3 Å². The molecule has 0 heterocycles. The maximum atomic E-state index is 11.6. The van der Waals surface area contributed by atoms with Crippen LogP contribution in [0.5, 0.6) is 0 Å². The van der Waals surface area contributed by atoms with E-state index in [1.54, 1.807) is 0 Å². The van der Waals surface area contributed by atoms with Crippen LogP contribution in [0.4, 0.5) is 0 Å². The summed E-state index contributed by atoms with van der Waals surface area (Å²) in [6, 6.07) is -0.635. The first-order chi connectivity index (χ1) is 10.4. The highest BCUT2D eigenvalue weighted by Gasteiger charge is 2.26. The molecule has 1 rings (SSSR count). The van der Waals surface area contributed by atoms with Crippen LogP contribution < -0.4 is 10.6 Å². The molecule has 2 amide bonds. The first-order valence-corrected chi connectivity index (χ1v) is 6.81. The molecule has 1 aliphatic carbocycles. The Morgan fingerprint density at radius 3 is 1.41 bits per heavy atom. The second kappa shape index (κ2) is 8.60. The zero-order valence-corrected chi connectivity index (χ0v) is 11.8. The van der Waals surface area contributed by atoms with Crippen LogP contribution in [0.2, 0.25) is 0 Å². The molecular weight excluding hydrogens is 292 g/mol. The largest absolute Gasteiger partial charge is 0.478 e. The summed E-state index contributed by atoms with van der Waals surface area (Å²) < 4.78 is 0. The summed E-state index contributed by atoms with van der Waals surface area (Å²) in [7, 11) is 0. The number of rotatable bonds is 6. The zero-order chi connectivity index (χ0) is 16.5. The Hall–Kier alpha value is -2.64. The number of hydrogen-bond acceptors (Lipinski definition) is 4. The van der Waals surface area contributed by atoms with E-state index in [1.807, 2.05) is 0 Å². The van der Waals surface area contributed by atoms with Crippen LogP contribution >= 0.6 is 0 Å². The number of carbonyl (C=O) groups excluding carboxylic acids is 2. The highest BCUT2D eigenvalue weighted by Crippen LogP contribution is 2.18. The van der Waals surface area contributed by atoms with Crippen LogP contribution in [0.25, 0.3) is 0 Å². The first kappa shape index (κ1) is 17.4. The zero-order valence-electron chi connectivity index (χ0n) is 11.8. The summed E-state index contributed by atoms with van der Waals surface area (Å²) in [5.41, 5.74) is 0. The topological polar surface area (TPSA) is 133 Å². The Kier molecular flexibility index (Phi) is 6.81. The minimum atomic E-state index is -1.22. The molecular formula is C14H18N2O6. The third-order valence-electron chi connectivity index (χ3n) is 3.18. The summed E-state index contributed by atoms with van der Waals surface area (Å²) in [4.78, 5) is 43.9. The van der Waals surface area contributed by atoms with Gasteiger partial charge in [0.1, 0.15) is 0 Å². The van der Waals surface area contributed by atoms with Crippen LogP contribution in [0.1, 0.15) is 25.7 Å². The fourth-order valence-electron chi connectivity index (χ4n) is 2.23. The monoisotopic (exact) mass is 310 g/mol. The van der Waals surface area contributed by atoms with E-state index in [4.69, 9.17) is 10.2 Å². The van der Waals surface area contributed by atoms with Gasteiger partial charge in [-0.25, -0.2) is 9.59 Å². The van der Waals surface area contributed by atoms with Gasteiger partial charge >= 0.3 is 11.9 Å². The number of carbonyl (C=O) groups is 4. The Morgan fingerprint density at radius 2 is 1.09 bits per heavy atom. The summed E-state index contributed by atoms with van der Waals surface area (Å²) in [6.07, 6.45) is 6.37. The Bertz CT molecular complexity index is 465. The quantitative estimate of drug-likeness (QED) is 0.503. The normalized spacial score (nSPS) is 21.6. The molecule has 8 nitrogen and oxygen atoms in total. The van der Waals surface area contributed by atoms with E-state index in [0.717, 1.165) is 37.1 Å². The van der Waals surface area contributed by atoms with Gasteiger partial charge in [0.15, 0.2) is 0 Å². The van der Waals surface area contributed by atoms with Gasteiger partial charge in [0.25, 0.3) is 0 Å². The van der Waals surface area contributed by atoms with E-state index in [-0.39, 0.29) is 12.1 Å². The van der Waals surface area contributed by atoms with E-state index in [1.165, 1.54) is 0 Å². The Balaban J connectivity index is 2.59. The minimum Gasteiger partial charge on any atom is -0.478 e. The van der Waals surface area contributed by atoms with E-state index < -0.39 is 23.8 Å². The van der Waals surface area contributed by atoms with Crippen LogP contribution in [-0.2, 0) is 19.2 Å². The molecule has 0 aromatic carbocycles. The molecule has 1 aliphatic rings. The summed E-state index contributed by atoms with van der Waals surface area (Å²) in [5.74, 6) is -3.53. The molecule has 0 unspecified atom stereocenters. The predicted octanol–water partition coefficient (Wildman–Crippen LogP) is -0.188. The number of carboxylic acids is 2. The molecule has 0 aliphatic heterocycles. The van der Waals surface area contributed by atoms with Crippen molar-refractivity contribution in [2.24, 2.45) is 0 Å². The lowest BCUT2D eigenvalue weighted by molar-refractivity contribution is -0.132. The van der Waals surface area contributed by atoms with Crippen molar-refractivity contribution in [3.8, 4) is 0 Å². The van der Waals surface area contributed by atoms with Crippen LogP contribution in [0.3, 0.4) is 0 Å². The predicted molar refractivity (Wildman–Crippen MR) is 75.9 cm³/mol. The van der Waals surface area contributed by atoms with Gasteiger partial charge in [0.05, 0.1) is 0 Å². The summed E-state index contributed by atoms with van der Waals surface area (Å²) in [6.45, 7) is 0. The molecule has 0 aromatic rings. The lowest BCUT2D eigenvalue weighted by Gasteiger charge is -2.32. The van der Waals surface area contributed by atoms with Crippen molar-refractivity contribution in [3.63, 3.8) is 0 Å². The van der Waals surface area contributed by atoms with Gasteiger partial charge in [-0.1, -0.05) is 12.8 Å². The molecule has 2 atom stereocenters.